The van der Waals surface area contributed by atoms with Crippen LogP contribution in [0.1, 0.15) is 129 Å². The Morgan fingerprint density at radius 3 is 1.48 bits per heavy atom. The van der Waals surface area contributed by atoms with Gasteiger partial charge in [-0.25, -0.2) is 0 Å². The van der Waals surface area contributed by atoms with Crippen LogP contribution in [0.4, 0.5) is 0 Å². The maximum absolute atomic E-state index is 11.6. The topological polar surface area (TPSA) is 43.1 Å². The predicted octanol–water partition coefficient (Wildman–Crippen LogP) is 7.46. The summed E-state index contributed by atoms with van der Waals surface area (Å²) >= 11 is 0. The summed E-state index contributed by atoms with van der Waals surface area (Å²) in [6.45, 7) is 4.52. The van der Waals surface area contributed by atoms with Gasteiger partial charge in [0.15, 0.2) is 0 Å². The van der Waals surface area contributed by atoms with Gasteiger partial charge in [-0.05, 0) is 25.7 Å². The van der Waals surface area contributed by atoms with Crippen LogP contribution in [-0.2, 0) is 4.79 Å². The van der Waals surface area contributed by atoms with E-state index in [-0.39, 0.29) is 5.91 Å². The number of carbonyl (C=O) groups is 1. The molecule has 0 aliphatic rings. The van der Waals surface area contributed by atoms with Gasteiger partial charge in [0.25, 0.3) is 0 Å². The number of amides is 1. The second kappa shape index (κ2) is 19.5. The van der Waals surface area contributed by atoms with Crippen molar-refractivity contribution >= 4 is 5.91 Å². The Labute approximate surface area is 158 Å². The van der Waals surface area contributed by atoms with Crippen molar-refractivity contribution in [2.75, 3.05) is 0 Å². The number of unbranched alkanes of at least 4 members (excludes halogenated alkanes) is 15. The normalized spacial score (nSPS) is 11.8. The van der Waals surface area contributed by atoms with Gasteiger partial charge in [0.1, 0.15) is 0 Å². The lowest BCUT2D eigenvalue weighted by atomic mass is 10.0. The molecule has 0 atom stereocenters. The quantitative estimate of drug-likeness (QED) is 0.190. The second-order valence-corrected chi connectivity index (χ2v) is 7.58. The molecule has 1 amide bonds. The number of nitrogens with two attached hydrogens (primary N) is 1. The third-order valence-electron chi connectivity index (χ3n) is 5.06. The first-order chi connectivity index (χ1) is 12.2. The van der Waals surface area contributed by atoms with Crippen LogP contribution in [-0.4, -0.2) is 5.91 Å². The standard InChI is InChI=1S/C23H45NO/c1-3-5-7-9-11-13-15-17-19-21-22(23(24)25)20-18-16-14-12-10-8-6-4-2/h21H,3-20H2,1-2H3,(H2,24,25). The summed E-state index contributed by atoms with van der Waals surface area (Å²) in [5, 5.41) is 0. The van der Waals surface area contributed by atoms with E-state index in [1.807, 2.05) is 0 Å². The number of hydrogen-bond acceptors (Lipinski definition) is 1. The first-order valence-electron chi connectivity index (χ1n) is 11.2. The van der Waals surface area contributed by atoms with Gasteiger partial charge in [0.05, 0.1) is 0 Å². The monoisotopic (exact) mass is 351 g/mol. The SMILES string of the molecule is CCCCCCCCCCC=C(CCCCCCCCCC)C(N)=O. The summed E-state index contributed by atoms with van der Waals surface area (Å²) in [7, 11) is 0. The molecule has 0 spiro atoms. The van der Waals surface area contributed by atoms with Crippen LogP contribution in [0.25, 0.3) is 0 Å². The minimum absolute atomic E-state index is 0.206. The van der Waals surface area contributed by atoms with Gasteiger partial charge in [0.2, 0.25) is 5.91 Å². The highest BCUT2D eigenvalue weighted by Crippen LogP contribution is 2.15. The number of carbonyl (C=O) groups excluding carboxylic acids is 1. The van der Waals surface area contributed by atoms with Crippen molar-refractivity contribution in [3.05, 3.63) is 11.6 Å². The Morgan fingerprint density at radius 2 is 1.04 bits per heavy atom. The fourth-order valence-electron chi connectivity index (χ4n) is 3.33. The van der Waals surface area contributed by atoms with E-state index in [0.29, 0.717) is 0 Å². The van der Waals surface area contributed by atoms with E-state index < -0.39 is 0 Å². The van der Waals surface area contributed by atoms with Crippen LogP contribution in [0.5, 0.6) is 0 Å². The van der Waals surface area contributed by atoms with Crippen molar-refractivity contribution in [2.24, 2.45) is 5.73 Å². The molecule has 2 nitrogen and oxygen atoms in total. The maximum Gasteiger partial charge on any atom is 0.244 e. The molecule has 0 bridgehead atoms. The minimum atomic E-state index is -0.206. The van der Waals surface area contributed by atoms with Gasteiger partial charge in [-0.2, -0.15) is 0 Å². The molecular formula is C23H45NO. The molecular weight excluding hydrogens is 306 g/mol. The van der Waals surface area contributed by atoms with Gasteiger partial charge in [0, 0.05) is 5.57 Å². The molecule has 0 heterocycles. The summed E-state index contributed by atoms with van der Waals surface area (Å²) in [5.41, 5.74) is 6.40. The summed E-state index contributed by atoms with van der Waals surface area (Å²) < 4.78 is 0. The lowest BCUT2D eigenvalue weighted by Gasteiger charge is -2.05. The Morgan fingerprint density at radius 1 is 0.640 bits per heavy atom. The molecule has 0 radical (unpaired) electrons. The van der Waals surface area contributed by atoms with Crippen molar-refractivity contribution < 1.29 is 4.79 Å². The zero-order chi connectivity index (χ0) is 18.6. The molecule has 2 heteroatoms. The summed E-state index contributed by atoms with van der Waals surface area (Å²) in [5.74, 6) is -0.206. The lowest BCUT2D eigenvalue weighted by Crippen LogP contribution is -2.14. The third-order valence-corrected chi connectivity index (χ3v) is 5.06. The zero-order valence-electron chi connectivity index (χ0n) is 17.3. The van der Waals surface area contributed by atoms with Gasteiger partial charge >= 0.3 is 0 Å². The lowest BCUT2D eigenvalue weighted by molar-refractivity contribution is -0.114. The van der Waals surface area contributed by atoms with E-state index in [1.165, 1.54) is 96.3 Å². The van der Waals surface area contributed by atoms with E-state index in [4.69, 9.17) is 5.73 Å². The Balaban J connectivity index is 3.62. The molecule has 2 N–H and O–H groups in total. The molecule has 0 saturated heterocycles. The average molecular weight is 352 g/mol. The summed E-state index contributed by atoms with van der Waals surface area (Å²) in [6, 6.07) is 0. The molecule has 25 heavy (non-hydrogen) atoms. The average Bonchev–Trinajstić information content (AvgIpc) is 2.60. The van der Waals surface area contributed by atoms with Gasteiger partial charge < -0.3 is 5.73 Å². The maximum atomic E-state index is 11.6. The van der Waals surface area contributed by atoms with Gasteiger partial charge in [-0.15, -0.1) is 0 Å². The highest BCUT2D eigenvalue weighted by atomic mass is 16.1. The molecule has 0 saturated carbocycles. The van der Waals surface area contributed by atoms with E-state index >= 15 is 0 Å². The summed E-state index contributed by atoms with van der Waals surface area (Å²) in [6.07, 6.45) is 25.1. The number of rotatable bonds is 19. The zero-order valence-corrected chi connectivity index (χ0v) is 17.3. The molecule has 0 unspecified atom stereocenters. The highest BCUT2D eigenvalue weighted by molar-refractivity contribution is 5.91. The molecule has 0 aromatic carbocycles. The van der Waals surface area contributed by atoms with Crippen molar-refractivity contribution in [3.63, 3.8) is 0 Å². The first-order valence-corrected chi connectivity index (χ1v) is 11.2. The van der Waals surface area contributed by atoms with Crippen molar-refractivity contribution in [1.82, 2.24) is 0 Å². The van der Waals surface area contributed by atoms with Crippen molar-refractivity contribution in [2.45, 2.75) is 129 Å². The highest BCUT2D eigenvalue weighted by Gasteiger charge is 2.04. The van der Waals surface area contributed by atoms with Crippen LogP contribution in [0, 0.1) is 0 Å². The fraction of sp³-hybridized carbons (Fsp3) is 0.870. The Kier molecular flexibility index (Phi) is 18.9. The van der Waals surface area contributed by atoms with Crippen LogP contribution in [0.2, 0.25) is 0 Å². The van der Waals surface area contributed by atoms with Crippen LogP contribution in [0.3, 0.4) is 0 Å². The minimum Gasteiger partial charge on any atom is -0.366 e. The smallest absolute Gasteiger partial charge is 0.244 e. The van der Waals surface area contributed by atoms with Gasteiger partial charge in [-0.1, -0.05) is 110 Å². The van der Waals surface area contributed by atoms with Crippen LogP contribution < -0.4 is 5.73 Å². The predicted molar refractivity (Wildman–Crippen MR) is 112 cm³/mol. The summed E-state index contributed by atoms with van der Waals surface area (Å²) in [4.78, 5) is 11.6. The van der Waals surface area contributed by atoms with Gasteiger partial charge in [-0.3, -0.25) is 4.79 Å². The van der Waals surface area contributed by atoms with E-state index in [2.05, 4.69) is 19.9 Å². The third kappa shape index (κ3) is 17.8. The largest absolute Gasteiger partial charge is 0.366 e. The molecule has 0 fully saturated rings. The fourth-order valence-corrected chi connectivity index (χ4v) is 3.33. The van der Waals surface area contributed by atoms with E-state index in [1.54, 1.807) is 0 Å². The molecule has 0 aliphatic carbocycles. The van der Waals surface area contributed by atoms with Crippen LogP contribution >= 0.6 is 0 Å². The molecule has 148 valence electrons. The molecule has 0 aromatic rings. The van der Waals surface area contributed by atoms with E-state index in [0.717, 1.165) is 24.8 Å². The number of allylic oxidation sites excluding steroid dienone is 1. The molecule has 0 aromatic heterocycles. The Hall–Kier alpha value is -0.790. The first kappa shape index (κ1) is 24.2. The number of hydrogen-bond donors (Lipinski definition) is 1. The van der Waals surface area contributed by atoms with Crippen molar-refractivity contribution in [3.8, 4) is 0 Å². The van der Waals surface area contributed by atoms with E-state index in [9.17, 15) is 4.79 Å². The molecule has 0 aliphatic heterocycles. The van der Waals surface area contributed by atoms with Crippen LogP contribution in [0.15, 0.2) is 11.6 Å². The second-order valence-electron chi connectivity index (χ2n) is 7.58. The van der Waals surface area contributed by atoms with Crippen molar-refractivity contribution in [1.29, 1.82) is 0 Å². The Bertz CT molecular complexity index is 322. The number of primary amides is 1. The molecule has 0 rings (SSSR count).